The number of hydrogen-bond acceptors (Lipinski definition) is 7. The largest absolute Gasteiger partial charge is 0.507 e. The summed E-state index contributed by atoms with van der Waals surface area (Å²) in [5, 5.41) is 26.1. The van der Waals surface area contributed by atoms with Crippen molar-refractivity contribution in [1.29, 1.82) is 0 Å². The minimum absolute atomic E-state index is 0.182. The number of pyridine rings is 1. The molecule has 1 aromatic heterocycles. The van der Waals surface area contributed by atoms with Crippen molar-refractivity contribution in [3.63, 3.8) is 0 Å². The van der Waals surface area contributed by atoms with Gasteiger partial charge < -0.3 is 20.3 Å². The average molecular weight is 664 g/mol. The zero-order valence-corrected chi connectivity index (χ0v) is 27.4. The van der Waals surface area contributed by atoms with Crippen molar-refractivity contribution in [2.45, 2.75) is 25.4 Å². The summed E-state index contributed by atoms with van der Waals surface area (Å²) in [5.74, 6) is -1.54. The third-order valence-corrected chi connectivity index (χ3v) is 10.3. The number of amides is 2. The van der Waals surface area contributed by atoms with E-state index in [0.717, 1.165) is 50.1 Å². The SMILES string of the molecule is O=C1[C@@H]2[C@@H](CC(CO)=C3[C@@H](CC/C(=C/c4ccc(O)c5ccccc45)c4ccccn4)OC[C@@H]32)C(=O)N1c1ccc(Nc2ccccc2)cc1. The summed E-state index contributed by atoms with van der Waals surface area (Å²) >= 11 is 0. The van der Waals surface area contributed by atoms with Crippen molar-refractivity contribution in [2.24, 2.45) is 17.8 Å². The van der Waals surface area contributed by atoms with Crippen LogP contribution in [0.5, 0.6) is 5.75 Å². The van der Waals surface area contributed by atoms with Crippen molar-refractivity contribution < 1.29 is 24.5 Å². The van der Waals surface area contributed by atoms with Crippen molar-refractivity contribution in [1.82, 2.24) is 4.98 Å². The Balaban J connectivity index is 1.04. The van der Waals surface area contributed by atoms with Crippen molar-refractivity contribution in [3.8, 4) is 5.75 Å². The van der Waals surface area contributed by atoms with E-state index in [4.69, 9.17) is 4.74 Å². The molecule has 2 saturated heterocycles. The van der Waals surface area contributed by atoms with E-state index in [0.29, 0.717) is 31.6 Å². The Morgan fingerprint density at radius 2 is 1.58 bits per heavy atom. The highest BCUT2D eigenvalue weighted by atomic mass is 16.5. The molecule has 0 saturated carbocycles. The van der Waals surface area contributed by atoms with Crippen molar-refractivity contribution in [2.75, 3.05) is 23.4 Å². The summed E-state index contributed by atoms with van der Waals surface area (Å²) < 4.78 is 6.42. The highest BCUT2D eigenvalue weighted by Gasteiger charge is 2.57. The van der Waals surface area contributed by atoms with E-state index in [2.05, 4.69) is 16.4 Å². The third-order valence-electron chi connectivity index (χ3n) is 10.3. The summed E-state index contributed by atoms with van der Waals surface area (Å²) in [5.41, 5.74) is 6.94. The second-order valence-corrected chi connectivity index (χ2v) is 13.2. The molecule has 4 atom stereocenters. The first-order valence-electron chi connectivity index (χ1n) is 17.1. The van der Waals surface area contributed by atoms with Gasteiger partial charge in [0, 0.05) is 28.9 Å². The van der Waals surface area contributed by atoms with Gasteiger partial charge in [-0.25, -0.2) is 0 Å². The monoisotopic (exact) mass is 663 g/mol. The molecule has 4 aromatic carbocycles. The number of aliphatic hydroxyl groups is 1. The molecular weight excluding hydrogens is 626 g/mol. The van der Waals surface area contributed by atoms with E-state index in [1.54, 1.807) is 24.4 Å². The highest BCUT2D eigenvalue weighted by molar-refractivity contribution is 6.22. The number of benzene rings is 4. The van der Waals surface area contributed by atoms with E-state index in [1.165, 1.54) is 4.90 Å². The molecule has 0 radical (unpaired) electrons. The number of ether oxygens (including phenoxy) is 1. The zero-order valence-electron chi connectivity index (χ0n) is 27.4. The second kappa shape index (κ2) is 13.4. The van der Waals surface area contributed by atoms with Crippen molar-refractivity contribution >= 4 is 51.3 Å². The Morgan fingerprint density at radius 3 is 2.34 bits per heavy atom. The fourth-order valence-corrected chi connectivity index (χ4v) is 7.99. The number of carbonyl (C=O) groups excluding carboxylic acids is 2. The number of fused-ring (bicyclic) bond motifs is 4. The normalized spacial score (nSPS) is 21.9. The molecule has 1 aliphatic carbocycles. The predicted octanol–water partition coefficient (Wildman–Crippen LogP) is 7.52. The molecule has 8 heteroatoms. The molecule has 0 unspecified atom stereocenters. The number of imide groups is 1. The smallest absolute Gasteiger partial charge is 0.238 e. The standard InChI is InChI=1S/C42H37N3O5/c46-24-28-23-34-40(42(49)45(41(34)48)31-17-15-30(16-18-31)44-29-8-2-1-3-9-29)35-25-50-38(39(28)35)20-14-27(36-12-6-7-21-43-36)22-26-13-19-37(47)33-11-5-4-10-32(26)33/h1-13,15-19,21-22,34-35,38,40,44,46-47H,14,20,23-25H2/b27-22-/t34-,35+,38-,40-/m1/s1. The lowest BCUT2D eigenvalue weighted by atomic mass is 9.69. The first-order valence-corrected chi connectivity index (χ1v) is 17.1. The van der Waals surface area contributed by atoms with Crippen LogP contribution in [0, 0.1) is 17.8 Å². The topological polar surface area (TPSA) is 112 Å². The molecule has 8 nitrogen and oxygen atoms in total. The summed E-state index contributed by atoms with van der Waals surface area (Å²) in [6.45, 7) is 0.140. The highest BCUT2D eigenvalue weighted by Crippen LogP contribution is 2.50. The molecule has 8 rings (SSSR count). The van der Waals surface area contributed by atoms with Gasteiger partial charge in [-0.05, 0) is 108 Å². The van der Waals surface area contributed by atoms with Gasteiger partial charge in [0.25, 0.3) is 0 Å². The van der Waals surface area contributed by atoms with Gasteiger partial charge in [-0.1, -0.05) is 54.6 Å². The van der Waals surface area contributed by atoms with E-state index >= 15 is 0 Å². The molecule has 5 aromatic rings. The maximum atomic E-state index is 14.1. The van der Waals surface area contributed by atoms with Gasteiger partial charge in [0.2, 0.25) is 11.8 Å². The first kappa shape index (κ1) is 31.7. The zero-order chi connectivity index (χ0) is 34.2. The van der Waals surface area contributed by atoms with E-state index in [-0.39, 0.29) is 36.2 Å². The molecule has 250 valence electrons. The number of nitrogens with one attached hydrogen (secondary N) is 1. The van der Waals surface area contributed by atoms with Crippen LogP contribution in [0.1, 0.15) is 30.5 Å². The van der Waals surface area contributed by atoms with Crippen LogP contribution < -0.4 is 10.2 Å². The van der Waals surface area contributed by atoms with Gasteiger partial charge in [0.15, 0.2) is 0 Å². The van der Waals surface area contributed by atoms with Crippen LogP contribution in [-0.4, -0.2) is 46.3 Å². The molecule has 3 heterocycles. The van der Waals surface area contributed by atoms with Crippen LogP contribution in [0.3, 0.4) is 0 Å². The van der Waals surface area contributed by atoms with E-state index < -0.39 is 11.8 Å². The Morgan fingerprint density at radius 1 is 0.840 bits per heavy atom. The Bertz CT molecular complexity index is 2130. The number of aromatic nitrogens is 1. The van der Waals surface area contributed by atoms with E-state index in [9.17, 15) is 19.8 Å². The molecule has 2 amide bonds. The summed E-state index contributed by atoms with van der Waals surface area (Å²) in [4.78, 5) is 33.9. The maximum absolute atomic E-state index is 14.1. The van der Waals surface area contributed by atoms with Gasteiger partial charge >= 0.3 is 0 Å². The van der Waals surface area contributed by atoms with Gasteiger partial charge in [0.05, 0.1) is 42.5 Å². The Kier molecular flexibility index (Phi) is 8.48. The van der Waals surface area contributed by atoms with Gasteiger partial charge in [-0.15, -0.1) is 0 Å². The lowest BCUT2D eigenvalue weighted by Gasteiger charge is -2.31. The number of hydrogen-bond donors (Lipinski definition) is 3. The number of rotatable bonds is 9. The first-order chi connectivity index (χ1) is 24.5. The molecule has 0 spiro atoms. The number of allylic oxidation sites excluding steroid dienone is 1. The number of phenolic OH excluding ortho intramolecular Hbond substituents is 1. The quantitative estimate of drug-likeness (QED) is 0.111. The van der Waals surface area contributed by atoms with Crippen LogP contribution in [0.2, 0.25) is 0 Å². The lowest BCUT2D eigenvalue weighted by molar-refractivity contribution is -0.122. The number of anilines is 3. The molecular formula is C42H37N3O5. The second-order valence-electron chi connectivity index (χ2n) is 13.2. The minimum atomic E-state index is -0.533. The number of aromatic hydroxyl groups is 1. The van der Waals surface area contributed by atoms with Crippen LogP contribution in [0.25, 0.3) is 22.4 Å². The molecule has 50 heavy (non-hydrogen) atoms. The summed E-state index contributed by atoms with van der Waals surface area (Å²) in [6, 6.07) is 34.4. The molecule has 2 aliphatic heterocycles. The number of carbonyl (C=O) groups is 2. The Hall–Kier alpha value is -5.57. The Labute approximate surface area is 290 Å². The van der Waals surface area contributed by atoms with Crippen LogP contribution in [0.15, 0.2) is 127 Å². The number of aliphatic hydroxyl groups excluding tert-OH is 1. The number of phenols is 1. The average Bonchev–Trinajstić information content (AvgIpc) is 3.69. The third kappa shape index (κ3) is 5.76. The molecule has 3 N–H and O–H groups in total. The van der Waals surface area contributed by atoms with Crippen LogP contribution in [-0.2, 0) is 14.3 Å². The van der Waals surface area contributed by atoms with Crippen LogP contribution in [0.4, 0.5) is 17.1 Å². The molecule has 2 fully saturated rings. The fraction of sp³-hybridized carbons (Fsp3) is 0.214. The van der Waals surface area contributed by atoms with Gasteiger partial charge in [0.1, 0.15) is 5.75 Å². The van der Waals surface area contributed by atoms with Gasteiger partial charge in [-0.2, -0.15) is 0 Å². The fourth-order valence-electron chi connectivity index (χ4n) is 7.99. The van der Waals surface area contributed by atoms with Gasteiger partial charge in [-0.3, -0.25) is 19.5 Å². The van der Waals surface area contributed by atoms with Crippen molar-refractivity contribution in [3.05, 3.63) is 138 Å². The predicted molar refractivity (Wildman–Crippen MR) is 195 cm³/mol. The molecule has 3 aliphatic rings. The lowest BCUT2D eigenvalue weighted by Crippen LogP contribution is -2.35. The summed E-state index contributed by atoms with van der Waals surface area (Å²) in [6.07, 6.45) is 5.17. The molecule has 0 bridgehead atoms. The number of nitrogens with zero attached hydrogens (tertiary/aromatic N) is 2. The van der Waals surface area contributed by atoms with Crippen LogP contribution >= 0.6 is 0 Å². The van der Waals surface area contributed by atoms with E-state index in [1.807, 2.05) is 91.0 Å². The maximum Gasteiger partial charge on any atom is 0.238 e. The number of para-hydroxylation sites is 1. The summed E-state index contributed by atoms with van der Waals surface area (Å²) in [7, 11) is 0. The minimum Gasteiger partial charge on any atom is -0.507 e.